The van der Waals surface area contributed by atoms with Crippen molar-refractivity contribution in [1.82, 2.24) is 0 Å². The predicted molar refractivity (Wildman–Crippen MR) is 73.8 cm³/mol. The number of hydrogen-bond donors (Lipinski definition) is 0. The molecule has 104 valence electrons. The summed E-state index contributed by atoms with van der Waals surface area (Å²) < 4.78 is 23.7. The number of nitrogens with zero attached hydrogens (tertiary/aromatic N) is 1. The smallest absolute Gasteiger partial charge is 0.152 e. The molecule has 0 aliphatic heterocycles. The Morgan fingerprint density at radius 1 is 1.17 bits per heavy atom. The lowest BCUT2D eigenvalue weighted by atomic mass is 9.65. The quantitative estimate of drug-likeness (QED) is 0.788. The van der Waals surface area contributed by atoms with Crippen molar-refractivity contribution in [2.45, 2.75) is 65.0 Å². The van der Waals surface area contributed by atoms with Crippen LogP contribution < -0.4 is 0 Å². The Morgan fingerprint density at radius 3 is 2.06 bits per heavy atom. The van der Waals surface area contributed by atoms with Crippen LogP contribution >= 0.6 is 0 Å². The fourth-order valence-electron chi connectivity index (χ4n) is 2.40. The summed E-state index contributed by atoms with van der Waals surface area (Å²) in [6.07, 6.45) is 4.21. The van der Waals surface area contributed by atoms with Crippen molar-refractivity contribution in [3.05, 3.63) is 0 Å². The second kappa shape index (κ2) is 5.21. The summed E-state index contributed by atoms with van der Waals surface area (Å²) in [5.74, 6) is 0.151. The molecule has 0 N–H and O–H groups in total. The normalized spacial score (nSPS) is 22.7. The van der Waals surface area contributed by atoms with Gasteiger partial charge in [0, 0.05) is 0 Å². The lowest BCUT2D eigenvalue weighted by Crippen LogP contribution is -2.32. The third-order valence-corrected chi connectivity index (χ3v) is 6.59. The molecule has 4 heteroatoms. The molecule has 0 saturated heterocycles. The molecule has 0 aromatic heterocycles. The summed E-state index contributed by atoms with van der Waals surface area (Å²) in [6.45, 7) is 7.86. The molecular formula is C14H25NO2S. The van der Waals surface area contributed by atoms with Crippen LogP contribution in [-0.2, 0) is 9.84 Å². The first kappa shape index (κ1) is 15.5. The number of nitriles is 1. The van der Waals surface area contributed by atoms with Gasteiger partial charge in [-0.2, -0.15) is 5.26 Å². The van der Waals surface area contributed by atoms with E-state index in [0.717, 1.165) is 25.7 Å². The van der Waals surface area contributed by atoms with Gasteiger partial charge < -0.3 is 0 Å². The van der Waals surface area contributed by atoms with Gasteiger partial charge in [-0.3, -0.25) is 0 Å². The molecule has 0 heterocycles. The van der Waals surface area contributed by atoms with Gasteiger partial charge >= 0.3 is 0 Å². The lowest BCUT2D eigenvalue weighted by molar-refractivity contribution is 0.143. The van der Waals surface area contributed by atoms with Gasteiger partial charge in [0.25, 0.3) is 0 Å². The summed E-state index contributed by atoms with van der Waals surface area (Å²) in [5, 5.41) is 9.06. The van der Waals surface area contributed by atoms with E-state index >= 15 is 0 Å². The highest BCUT2D eigenvalue weighted by Crippen LogP contribution is 2.46. The van der Waals surface area contributed by atoms with Crippen LogP contribution in [0, 0.1) is 22.2 Å². The Hall–Kier alpha value is -0.560. The van der Waals surface area contributed by atoms with E-state index in [1.807, 2.05) is 0 Å². The van der Waals surface area contributed by atoms with Gasteiger partial charge in [0.15, 0.2) is 9.84 Å². The van der Waals surface area contributed by atoms with E-state index in [0.29, 0.717) is 11.8 Å². The minimum Gasteiger partial charge on any atom is -0.229 e. The lowest BCUT2D eigenvalue weighted by Gasteiger charge is -2.39. The molecule has 0 aromatic rings. The molecule has 0 aromatic carbocycles. The van der Waals surface area contributed by atoms with E-state index in [9.17, 15) is 13.7 Å². The van der Waals surface area contributed by atoms with Crippen LogP contribution in [0.25, 0.3) is 0 Å². The molecule has 0 bridgehead atoms. The van der Waals surface area contributed by atoms with Crippen molar-refractivity contribution >= 4 is 9.84 Å². The van der Waals surface area contributed by atoms with E-state index in [2.05, 4.69) is 19.9 Å². The molecule has 0 amide bonds. The van der Waals surface area contributed by atoms with Gasteiger partial charge in [-0.1, -0.05) is 13.8 Å². The van der Waals surface area contributed by atoms with Crippen molar-refractivity contribution in [1.29, 1.82) is 5.26 Å². The van der Waals surface area contributed by atoms with Crippen LogP contribution in [0.3, 0.4) is 0 Å². The number of sulfone groups is 1. The minimum atomic E-state index is -3.03. The van der Waals surface area contributed by atoms with E-state index in [1.165, 1.54) is 0 Å². The molecule has 0 spiro atoms. The summed E-state index contributed by atoms with van der Waals surface area (Å²) in [5.41, 5.74) is -0.102. The van der Waals surface area contributed by atoms with Crippen molar-refractivity contribution < 1.29 is 8.42 Å². The maximum Gasteiger partial charge on any atom is 0.152 e. The maximum atomic E-state index is 11.8. The minimum absolute atomic E-state index is 0.151. The van der Waals surface area contributed by atoms with Gasteiger partial charge in [0.1, 0.15) is 0 Å². The van der Waals surface area contributed by atoms with E-state index in [4.69, 9.17) is 0 Å². The monoisotopic (exact) mass is 271 g/mol. The third kappa shape index (κ3) is 3.71. The first-order valence-electron chi connectivity index (χ1n) is 6.75. The van der Waals surface area contributed by atoms with Crippen LogP contribution in [0.2, 0.25) is 0 Å². The second-order valence-electron chi connectivity index (χ2n) is 6.72. The Kier molecular flexibility index (Phi) is 4.48. The molecule has 18 heavy (non-hydrogen) atoms. The van der Waals surface area contributed by atoms with Crippen molar-refractivity contribution in [2.24, 2.45) is 10.8 Å². The Bertz CT molecular complexity index is 419. The Morgan fingerprint density at radius 2 is 1.67 bits per heavy atom. The van der Waals surface area contributed by atoms with Crippen LogP contribution in [-0.4, -0.2) is 19.4 Å². The number of hydrogen-bond acceptors (Lipinski definition) is 3. The standard InChI is InChI=1S/C14H25NO2S/c1-12(2)18(16,17)10-9-14(11-15)7-5-13(3,4)6-8-14/h12H,5-10H2,1-4H3. The van der Waals surface area contributed by atoms with Crippen molar-refractivity contribution in [3.8, 4) is 6.07 Å². The van der Waals surface area contributed by atoms with E-state index < -0.39 is 15.3 Å². The second-order valence-corrected chi connectivity index (χ2v) is 9.40. The Labute approximate surface area is 111 Å². The highest BCUT2D eigenvalue weighted by Gasteiger charge is 2.39. The third-order valence-electron chi connectivity index (χ3n) is 4.38. The average Bonchev–Trinajstić information content (AvgIpc) is 2.28. The SMILES string of the molecule is CC(C)S(=O)(=O)CCC1(C#N)CCC(C)(C)CC1. The van der Waals surface area contributed by atoms with Crippen molar-refractivity contribution in [2.75, 3.05) is 5.75 Å². The molecule has 3 nitrogen and oxygen atoms in total. The molecule has 0 unspecified atom stereocenters. The van der Waals surface area contributed by atoms with Gasteiger partial charge in [-0.15, -0.1) is 0 Å². The first-order valence-corrected chi connectivity index (χ1v) is 8.47. The summed E-state index contributed by atoms with van der Waals surface area (Å²) in [6, 6.07) is 2.40. The number of rotatable bonds is 4. The summed E-state index contributed by atoms with van der Waals surface area (Å²) in [4.78, 5) is 0. The maximum absolute atomic E-state index is 11.8. The molecule has 0 radical (unpaired) electrons. The van der Waals surface area contributed by atoms with Crippen molar-refractivity contribution in [3.63, 3.8) is 0 Å². The van der Waals surface area contributed by atoms with Gasteiger partial charge in [0.05, 0.1) is 22.5 Å². The largest absolute Gasteiger partial charge is 0.229 e. The van der Waals surface area contributed by atoms with Crippen LogP contribution in [0.15, 0.2) is 0 Å². The molecule has 1 rings (SSSR count). The molecule has 1 fully saturated rings. The zero-order chi connectivity index (χ0) is 14.0. The fraction of sp³-hybridized carbons (Fsp3) is 0.929. The molecule has 1 saturated carbocycles. The highest BCUT2D eigenvalue weighted by molar-refractivity contribution is 7.91. The molecule has 1 aliphatic carbocycles. The molecular weight excluding hydrogens is 246 g/mol. The zero-order valence-electron chi connectivity index (χ0n) is 12.0. The fourth-order valence-corrected chi connectivity index (χ4v) is 3.54. The molecule has 1 aliphatic rings. The van der Waals surface area contributed by atoms with E-state index in [1.54, 1.807) is 13.8 Å². The summed E-state index contributed by atoms with van der Waals surface area (Å²) in [7, 11) is -3.03. The summed E-state index contributed by atoms with van der Waals surface area (Å²) >= 11 is 0. The average molecular weight is 271 g/mol. The first-order chi connectivity index (χ1) is 8.13. The van der Waals surface area contributed by atoms with Crippen LogP contribution in [0.4, 0.5) is 0 Å². The predicted octanol–water partition coefficient (Wildman–Crippen LogP) is 3.31. The zero-order valence-corrected chi connectivity index (χ0v) is 12.8. The van der Waals surface area contributed by atoms with Gasteiger partial charge in [0.2, 0.25) is 0 Å². The van der Waals surface area contributed by atoms with Crippen LogP contribution in [0.5, 0.6) is 0 Å². The van der Waals surface area contributed by atoms with Gasteiger partial charge in [-0.25, -0.2) is 8.42 Å². The van der Waals surface area contributed by atoms with Gasteiger partial charge in [-0.05, 0) is 51.4 Å². The Balaban J connectivity index is 2.68. The highest BCUT2D eigenvalue weighted by atomic mass is 32.2. The topological polar surface area (TPSA) is 57.9 Å². The van der Waals surface area contributed by atoms with Crippen LogP contribution in [0.1, 0.15) is 59.8 Å². The molecule has 0 atom stereocenters. The van der Waals surface area contributed by atoms with E-state index in [-0.39, 0.29) is 11.0 Å².